The fourth-order valence-corrected chi connectivity index (χ4v) is 5.11. The minimum Gasteiger partial charge on any atom is -0.299 e. The van der Waals surface area contributed by atoms with Crippen LogP contribution in [0.1, 0.15) is 39.0 Å². The van der Waals surface area contributed by atoms with Gasteiger partial charge >= 0.3 is 0 Å². The van der Waals surface area contributed by atoms with E-state index in [2.05, 4.69) is 18.3 Å². The Hall–Kier alpha value is -0.250. The molecule has 1 saturated carbocycles. The van der Waals surface area contributed by atoms with Gasteiger partial charge in [-0.25, -0.2) is 8.42 Å². The first-order valence-electron chi connectivity index (χ1n) is 7.35. The van der Waals surface area contributed by atoms with Gasteiger partial charge in [-0.05, 0) is 43.9 Å². The van der Waals surface area contributed by atoms with Crippen molar-refractivity contribution < 1.29 is 8.42 Å². The lowest BCUT2D eigenvalue weighted by atomic mass is 9.86. The van der Waals surface area contributed by atoms with E-state index in [0.717, 1.165) is 44.4 Å². The van der Waals surface area contributed by atoms with Gasteiger partial charge in [0, 0.05) is 12.0 Å². The Labute approximate surface area is 127 Å². The molecule has 1 rings (SSSR count). The molecule has 1 fully saturated rings. The molecule has 0 aromatic heterocycles. The van der Waals surface area contributed by atoms with Crippen molar-refractivity contribution in [2.75, 3.05) is 30.1 Å². The van der Waals surface area contributed by atoms with Crippen molar-refractivity contribution in [3.8, 4) is 6.07 Å². The largest absolute Gasteiger partial charge is 0.299 e. The Balaban J connectivity index is 2.36. The van der Waals surface area contributed by atoms with Crippen LogP contribution in [0.15, 0.2) is 0 Å². The minimum absolute atomic E-state index is 0.250. The Morgan fingerprint density at radius 2 is 2.20 bits per heavy atom. The van der Waals surface area contributed by atoms with Crippen LogP contribution >= 0.6 is 11.8 Å². The zero-order chi connectivity index (χ0) is 15.1. The summed E-state index contributed by atoms with van der Waals surface area (Å²) in [4.78, 5) is 0. The molecule has 0 heterocycles. The molecule has 0 spiro atoms. The Bertz CT molecular complexity index is 431. The molecular formula is C14H26N2O2S2. The second kappa shape index (κ2) is 8.26. The summed E-state index contributed by atoms with van der Waals surface area (Å²) in [5.41, 5.74) is -0.340. The van der Waals surface area contributed by atoms with Crippen LogP contribution in [0, 0.1) is 17.2 Å². The van der Waals surface area contributed by atoms with Crippen LogP contribution in [0.4, 0.5) is 0 Å². The highest BCUT2D eigenvalue weighted by molar-refractivity contribution is 8.00. The molecule has 2 unspecified atom stereocenters. The van der Waals surface area contributed by atoms with Crippen molar-refractivity contribution in [1.82, 2.24) is 5.32 Å². The fourth-order valence-electron chi connectivity index (χ4n) is 2.77. The summed E-state index contributed by atoms with van der Waals surface area (Å²) in [5.74, 6) is 2.26. The molecule has 0 amide bonds. The number of thioether (sulfide) groups is 1. The molecule has 1 aliphatic carbocycles. The number of rotatable bonds is 9. The molecule has 20 heavy (non-hydrogen) atoms. The van der Waals surface area contributed by atoms with Gasteiger partial charge in [0.1, 0.15) is 15.4 Å². The van der Waals surface area contributed by atoms with Crippen molar-refractivity contribution in [3.63, 3.8) is 0 Å². The SMILES string of the molecule is CCCNC1(C#N)CCCC1CCSCCS(C)(=O)=O. The molecule has 4 nitrogen and oxygen atoms in total. The van der Waals surface area contributed by atoms with Crippen LogP contribution in [-0.2, 0) is 9.84 Å². The van der Waals surface area contributed by atoms with Crippen LogP contribution in [0.3, 0.4) is 0 Å². The third-order valence-corrected chi connectivity index (χ3v) is 6.14. The van der Waals surface area contributed by atoms with E-state index in [1.54, 1.807) is 11.8 Å². The number of nitrogens with one attached hydrogen (secondary N) is 1. The first-order chi connectivity index (χ1) is 9.43. The van der Waals surface area contributed by atoms with E-state index >= 15 is 0 Å². The van der Waals surface area contributed by atoms with E-state index in [1.807, 2.05) is 0 Å². The van der Waals surface area contributed by atoms with Gasteiger partial charge in [0.15, 0.2) is 0 Å². The fraction of sp³-hybridized carbons (Fsp3) is 0.929. The molecule has 1 aliphatic rings. The molecule has 0 aliphatic heterocycles. The van der Waals surface area contributed by atoms with Crippen LogP contribution in [0.5, 0.6) is 0 Å². The molecule has 0 bridgehead atoms. The second-order valence-corrected chi connectivity index (χ2v) is 9.11. The van der Waals surface area contributed by atoms with E-state index in [4.69, 9.17) is 0 Å². The zero-order valence-electron chi connectivity index (χ0n) is 12.5. The highest BCUT2D eigenvalue weighted by Gasteiger charge is 2.42. The molecule has 2 atom stereocenters. The first kappa shape index (κ1) is 17.8. The van der Waals surface area contributed by atoms with Gasteiger partial charge < -0.3 is 0 Å². The summed E-state index contributed by atoms with van der Waals surface area (Å²) in [6.45, 7) is 3.01. The summed E-state index contributed by atoms with van der Waals surface area (Å²) in [6, 6.07) is 2.51. The van der Waals surface area contributed by atoms with Gasteiger partial charge in [-0.1, -0.05) is 13.3 Å². The number of nitriles is 1. The quantitative estimate of drug-likeness (QED) is 0.660. The Morgan fingerprint density at radius 3 is 2.80 bits per heavy atom. The average molecular weight is 319 g/mol. The van der Waals surface area contributed by atoms with E-state index < -0.39 is 9.84 Å². The van der Waals surface area contributed by atoms with Crippen LogP contribution in [-0.4, -0.2) is 44.0 Å². The lowest BCUT2D eigenvalue weighted by Crippen LogP contribution is -2.47. The third kappa shape index (κ3) is 5.63. The number of hydrogen-bond acceptors (Lipinski definition) is 5. The zero-order valence-corrected chi connectivity index (χ0v) is 14.2. The summed E-state index contributed by atoms with van der Waals surface area (Å²) >= 11 is 1.69. The van der Waals surface area contributed by atoms with Gasteiger partial charge in [0.05, 0.1) is 11.8 Å². The van der Waals surface area contributed by atoms with Gasteiger partial charge in [0.2, 0.25) is 0 Å². The highest BCUT2D eigenvalue weighted by atomic mass is 32.2. The Morgan fingerprint density at radius 1 is 1.45 bits per heavy atom. The third-order valence-electron chi connectivity index (χ3n) is 3.92. The maximum atomic E-state index is 11.1. The second-order valence-electron chi connectivity index (χ2n) is 5.63. The molecule has 0 saturated heterocycles. The summed E-state index contributed by atoms with van der Waals surface area (Å²) in [6.07, 6.45) is 6.49. The first-order valence-corrected chi connectivity index (χ1v) is 10.6. The number of hydrogen-bond donors (Lipinski definition) is 1. The van der Waals surface area contributed by atoms with Crippen molar-refractivity contribution >= 4 is 21.6 Å². The van der Waals surface area contributed by atoms with Crippen LogP contribution < -0.4 is 5.32 Å². The van der Waals surface area contributed by atoms with Crippen molar-refractivity contribution in [2.24, 2.45) is 5.92 Å². The topological polar surface area (TPSA) is 70.0 Å². The van der Waals surface area contributed by atoms with Crippen molar-refractivity contribution in [1.29, 1.82) is 5.26 Å². The number of nitrogens with zero attached hydrogens (tertiary/aromatic N) is 1. The van der Waals surface area contributed by atoms with E-state index in [9.17, 15) is 13.7 Å². The molecule has 0 aromatic carbocycles. The standard InChI is InChI=1S/C14H26N2O2S2/c1-3-8-16-14(12-15)7-4-5-13(14)6-9-19-10-11-20(2,17)18/h13,16H,3-11H2,1-2H3. The molecule has 1 N–H and O–H groups in total. The van der Waals surface area contributed by atoms with Gasteiger partial charge in [0.25, 0.3) is 0 Å². The van der Waals surface area contributed by atoms with E-state index in [-0.39, 0.29) is 11.3 Å². The summed E-state index contributed by atoms with van der Waals surface area (Å²) < 4.78 is 22.1. The van der Waals surface area contributed by atoms with Gasteiger partial charge in [-0.15, -0.1) is 0 Å². The molecule has 116 valence electrons. The maximum Gasteiger partial charge on any atom is 0.148 e. The van der Waals surface area contributed by atoms with Crippen molar-refractivity contribution in [3.05, 3.63) is 0 Å². The normalized spacial score (nSPS) is 26.6. The van der Waals surface area contributed by atoms with Crippen molar-refractivity contribution in [2.45, 2.75) is 44.6 Å². The average Bonchev–Trinajstić information content (AvgIpc) is 2.78. The van der Waals surface area contributed by atoms with E-state index in [0.29, 0.717) is 11.7 Å². The summed E-state index contributed by atoms with van der Waals surface area (Å²) in [5, 5.41) is 13.0. The predicted molar refractivity (Wildman–Crippen MR) is 85.6 cm³/mol. The molecule has 0 aromatic rings. The lowest BCUT2D eigenvalue weighted by Gasteiger charge is -2.30. The van der Waals surface area contributed by atoms with Crippen LogP contribution in [0.25, 0.3) is 0 Å². The Kier molecular flexibility index (Phi) is 7.35. The monoisotopic (exact) mass is 318 g/mol. The predicted octanol–water partition coefficient (Wildman–Crippen LogP) is 2.22. The van der Waals surface area contributed by atoms with Gasteiger partial charge in [-0.3, -0.25) is 5.32 Å². The van der Waals surface area contributed by atoms with Gasteiger partial charge in [-0.2, -0.15) is 17.0 Å². The van der Waals surface area contributed by atoms with E-state index in [1.165, 1.54) is 6.26 Å². The van der Waals surface area contributed by atoms with Crippen LogP contribution in [0.2, 0.25) is 0 Å². The lowest BCUT2D eigenvalue weighted by molar-refractivity contribution is 0.311. The molecule has 0 radical (unpaired) electrons. The minimum atomic E-state index is -2.85. The maximum absolute atomic E-state index is 11.1. The smallest absolute Gasteiger partial charge is 0.148 e. The summed E-state index contributed by atoms with van der Waals surface area (Å²) in [7, 11) is -2.85. The number of sulfone groups is 1. The molecule has 6 heteroatoms. The molecular weight excluding hydrogens is 292 g/mol. The highest BCUT2D eigenvalue weighted by Crippen LogP contribution is 2.38.